The van der Waals surface area contributed by atoms with Crippen LogP contribution in [0.4, 0.5) is 0 Å². The second kappa shape index (κ2) is 5.60. The third-order valence-electron chi connectivity index (χ3n) is 2.24. The van der Waals surface area contributed by atoms with E-state index in [0.717, 1.165) is 8.95 Å². The fourth-order valence-corrected chi connectivity index (χ4v) is 2.68. The molecule has 84 valence electrons. The Balaban J connectivity index is 3.09. The average molecular weight is 345 g/mol. The van der Waals surface area contributed by atoms with Crippen LogP contribution in [0.3, 0.4) is 0 Å². The number of nitrogens with zero attached hydrogens (tertiary/aromatic N) is 1. The molecule has 0 aliphatic heterocycles. The molecule has 0 spiro atoms. The Labute approximate surface area is 112 Å². The molecule has 0 amide bonds. The molecule has 0 bridgehead atoms. The molecule has 1 aromatic carbocycles. The van der Waals surface area contributed by atoms with Gasteiger partial charge in [0.25, 0.3) is 0 Å². The molecule has 0 aliphatic carbocycles. The standard InChI is InChI=1S/C12H11Br2NO/c1-7(2)11(6-15)12(16)8-3-9(13)5-10(14)4-8/h3-5,7,11H,1-2H3. The fraction of sp³-hybridized carbons (Fsp3) is 0.333. The lowest BCUT2D eigenvalue weighted by atomic mass is 9.89. The molecule has 1 aromatic rings. The van der Waals surface area contributed by atoms with Gasteiger partial charge in [0.1, 0.15) is 5.92 Å². The number of carbonyl (C=O) groups is 1. The van der Waals surface area contributed by atoms with Gasteiger partial charge in [0, 0.05) is 14.5 Å². The zero-order valence-corrected chi connectivity index (χ0v) is 12.2. The lowest BCUT2D eigenvalue weighted by molar-refractivity contribution is 0.0924. The number of halogens is 2. The van der Waals surface area contributed by atoms with Crippen molar-refractivity contribution in [2.75, 3.05) is 0 Å². The number of hydrogen-bond acceptors (Lipinski definition) is 2. The van der Waals surface area contributed by atoms with Gasteiger partial charge in [0.15, 0.2) is 5.78 Å². The van der Waals surface area contributed by atoms with Crippen LogP contribution in [0.1, 0.15) is 24.2 Å². The van der Waals surface area contributed by atoms with Gasteiger partial charge in [-0.1, -0.05) is 45.7 Å². The number of nitriles is 1. The molecule has 1 unspecified atom stereocenters. The van der Waals surface area contributed by atoms with Crippen molar-refractivity contribution in [2.24, 2.45) is 11.8 Å². The average Bonchev–Trinajstić information content (AvgIpc) is 2.16. The first-order valence-electron chi connectivity index (χ1n) is 4.85. The van der Waals surface area contributed by atoms with Crippen LogP contribution in [0.5, 0.6) is 0 Å². The third-order valence-corrected chi connectivity index (χ3v) is 3.15. The minimum atomic E-state index is -0.582. The summed E-state index contributed by atoms with van der Waals surface area (Å²) in [6.07, 6.45) is 0. The fourth-order valence-electron chi connectivity index (χ4n) is 1.39. The van der Waals surface area contributed by atoms with Crippen molar-refractivity contribution in [3.63, 3.8) is 0 Å². The molecule has 0 fully saturated rings. The Morgan fingerprint density at radius 1 is 1.25 bits per heavy atom. The van der Waals surface area contributed by atoms with E-state index in [2.05, 4.69) is 37.9 Å². The van der Waals surface area contributed by atoms with Gasteiger partial charge in [-0.25, -0.2) is 0 Å². The third kappa shape index (κ3) is 3.16. The zero-order chi connectivity index (χ0) is 12.3. The summed E-state index contributed by atoms with van der Waals surface area (Å²) in [6, 6.07) is 7.39. The molecule has 1 atom stereocenters. The van der Waals surface area contributed by atoms with Crippen molar-refractivity contribution < 1.29 is 4.79 Å². The molecule has 0 radical (unpaired) electrons. The second-order valence-electron chi connectivity index (χ2n) is 3.87. The molecule has 0 N–H and O–H groups in total. The Hall–Kier alpha value is -0.660. The number of Topliss-reactive ketones (excluding diaryl/α,β-unsaturated/α-hetero) is 1. The predicted octanol–water partition coefficient (Wildman–Crippen LogP) is 4.19. The highest BCUT2D eigenvalue weighted by Crippen LogP contribution is 2.24. The van der Waals surface area contributed by atoms with E-state index in [1.165, 1.54) is 0 Å². The van der Waals surface area contributed by atoms with Crippen molar-refractivity contribution in [3.05, 3.63) is 32.7 Å². The van der Waals surface area contributed by atoms with Crippen LogP contribution in [0.2, 0.25) is 0 Å². The molecule has 1 rings (SSSR count). The minimum Gasteiger partial charge on any atom is -0.293 e. The van der Waals surface area contributed by atoms with Crippen LogP contribution in [-0.2, 0) is 0 Å². The van der Waals surface area contributed by atoms with Crippen LogP contribution < -0.4 is 0 Å². The van der Waals surface area contributed by atoms with Gasteiger partial charge in [-0.15, -0.1) is 0 Å². The number of carbonyl (C=O) groups excluding carboxylic acids is 1. The van der Waals surface area contributed by atoms with E-state index in [1.54, 1.807) is 12.1 Å². The smallest absolute Gasteiger partial charge is 0.180 e. The first-order chi connectivity index (χ1) is 7.45. The SMILES string of the molecule is CC(C)C(C#N)C(=O)c1cc(Br)cc(Br)c1. The van der Waals surface area contributed by atoms with Gasteiger partial charge >= 0.3 is 0 Å². The van der Waals surface area contributed by atoms with Crippen LogP contribution in [-0.4, -0.2) is 5.78 Å². The quantitative estimate of drug-likeness (QED) is 0.771. The summed E-state index contributed by atoms with van der Waals surface area (Å²) in [4.78, 5) is 12.1. The first kappa shape index (κ1) is 13.4. The van der Waals surface area contributed by atoms with Crippen LogP contribution in [0.25, 0.3) is 0 Å². The molecule has 16 heavy (non-hydrogen) atoms. The summed E-state index contributed by atoms with van der Waals surface area (Å²) in [5.41, 5.74) is 0.557. The molecule has 0 saturated carbocycles. The van der Waals surface area contributed by atoms with Gasteiger partial charge in [0.05, 0.1) is 6.07 Å². The summed E-state index contributed by atoms with van der Waals surface area (Å²) in [7, 11) is 0. The monoisotopic (exact) mass is 343 g/mol. The highest BCUT2D eigenvalue weighted by Gasteiger charge is 2.23. The van der Waals surface area contributed by atoms with E-state index in [9.17, 15) is 4.79 Å². The van der Waals surface area contributed by atoms with Crippen molar-refractivity contribution in [1.29, 1.82) is 5.26 Å². The highest BCUT2D eigenvalue weighted by atomic mass is 79.9. The summed E-state index contributed by atoms with van der Waals surface area (Å²) in [5, 5.41) is 8.97. The molecule has 0 aliphatic rings. The van der Waals surface area contributed by atoms with Gasteiger partial charge in [-0.05, 0) is 24.1 Å². The second-order valence-corrected chi connectivity index (χ2v) is 5.70. The van der Waals surface area contributed by atoms with E-state index < -0.39 is 5.92 Å². The molecule has 0 heterocycles. The van der Waals surface area contributed by atoms with Crippen LogP contribution in [0.15, 0.2) is 27.1 Å². The Morgan fingerprint density at radius 3 is 2.12 bits per heavy atom. The largest absolute Gasteiger partial charge is 0.293 e. The van der Waals surface area contributed by atoms with Crippen molar-refractivity contribution in [3.8, 4) is 6.07 Å². The molecular weight excluding hydrogens is 334 g/mol. The Kier molecular flexibility index (Phi) is 4.69. The number of benzene rings is 1. The maximum atomic E-state index is 12.1. The van der Waals surface area contributed by atoms with Crippen LogP contribution >= 0.6 is 31.9 Å². The lowest BCUT2D eigenvalue weighted by Crippen LogP contribution is -2.18. The van der Waals surface area contributed by atoms with Crippen molar-refractivity contribution in [2.45, 2.75) is 13.8 Å². The van der Waals surface area contributed by atoms with E-state index in [4.69, 9.17) is 5.26 Å². The Morgan fingerprint density at radius 2 is 1.75 bits per heavy atom. The lowest BCUT2D eigenvalue weighted by Gasteiger charge is -2.12. The predicted molar refractivity (Wildman–Crippen MR) is 70.1 cm³/mol. The van der Waals surface area contributed by atoms with Gasteiger partial charge < -0.3 is 0 Å². The number of hydrogen-bond donors (Lipinski definition) is 0. The van der Waals surface area contributed by atoms with E-state index in [-0.39, 0.29) is 11.7 Å². The van der Waals surface area contributed by atoms with Gasteiger partial charge in [0.2, 0.25) is 0 Å². The molecule has 2 nitrogen and oxygen atoms in total. The normalized spacial score (nSPS) is 12.2. The molecule has 0 aromatic heterocycles. The molecular formula is C12H11Br2NO. The minimum absolute atomic E-state index is 0.0234. The van der Waals surface area contributed by atoms with Crippen molar-refractivity contribution >= 4 is 37.6 Å². The maximum absolute atomic E-state index is 12.1. The van der Waals surface area contributed by atoms with E-state index in [0.29, 0.717) is 5.56 Å². The van der Waals surface area contributed by atoms with Crippen LogP contribution in [0, 0.1) is 23.2 Å². The first-order valence-corrected chi connectivity index (χ1v) is 6.44. The Bertz CT molecular complexity index is 429. The zero-order valence-electron chi connectivity index (χ0n) is 9.00. The summed E-state index contributed by atoms with van der Waals surface area (Å²) in [5.74, 6) is -0.684. The number of ketones is 1. The molecule has 4 heteroatoms. The van der Waals surface area contributed by atoms with Gasteiger partial charge in [-0.3, -0.25) is 4.79 Å². The highest BCUT2D eigenvalue weighted by molar-refractivity contribution is 9.11. The summed E-state index contributed by atoms with van der Waals surface area (Å²) >= 11 is 6.65. The summed E-state index contributed by atoms with van der Waals surface area (Å²) in [6.45, 7) is 3.75. The van der Waals surface area contributed by atoms with Gasteiger partial charge in [-0.2, -0.15) is 5.26 Å². The maximum Gasteiger partial charge on any atom is 0.180 e. The topological polar surface area (TPSA) is 40.9 Å². The van der Waals surface area contributed by atoms with E-state index >= 15 is 0 Å². The number of rotatable bonds is 3. The summed E-state index contributed by atoms with van der Waals surface area (Å²) < 4.78 is 1.65. The van der Waals surface area contributed by atoms with E-state index in [1.807, 2.05) is 19.9 Å². The van der Waals surface area contributed by atoms with Crippen molar-refractivity contribution in [1.82, 2.24) is 0 Å². The molecule has 0 saturated heterocycles.